The van der Waals surface area contributed by atoms with E-state index >= 15 is 0 Å². The van der Waals surface area contributed by atoms with Gasteiger partial charge < -0.3 is 10.8 Å². The largest absolute Gasteiger partial charge is 0.480 e. The number of nitrogens with two attached hydrogens (primary N) is 1. The van der Waals surface area contributed by atoms with Crippen LogP contribution in [0.2, 0.25) is 0 Å². The fourth-order valence-corrected chi connectivity index (χ4v) is 0.566. The third kappa shape index (κ3) is 3.78. The molecule has 0 aliphatic carbocycles. The summed E-state index contributed by atoms with van der Waals surface area (Å²) in [5.41, 5.74) is 4.20. The van der Waals surface area contributed by atoms with Gasteiger partial charge in [-0.3, -0.25) is 0 Å². The van der Waals surface area contributed by atoms with E-state index in [1.165, 1.54) is 13.0 Å². The number of carboxylic acids is 1. The lowest BCUT2D eigenvalue weighted by molar-refractivity contribution is -0.140. The van der Waals surface area contributed by atoms with Crippen molar-refractivity contribution in [3.8, 4) is 0 Å². The van der Waals surface area contributed by atoms with Gasteiger partial charge in [0.15, 0.2) is 0 Å². The highest BCUT2D eigenvalue weighted by molar-refractivity contribution is 5.80. The molecule has 0 saturated heterocycles. The summed E-state index contributed by atoms with van der Waals surface area (Å²) >= 11 is 0. The first-order valence-corrected chi connectivity index (χ1v) is 3.70. The number of hydrogen-bond acceptors (Lipinski definition) is 2. The van der Waals surface area contributed by atoms with Gasteiger partial charge in [-0.15, -0.1) is 0 Å². The van der Waals surface area contributed by atoms with Crippen molar-refractivity contribution >= 4 is 5.97 Å². The molecule has 0 fully saturated rings. The molecule has 3 N–H and O–H groups in total. The van der Waals surface area contributed by atoms with Gasteiger partial charge in [-0.25, -0.2) is 4.79 Å². The van der Waals surface area contributed by atoms with Gasteiger partial charge in [0.05, 0.1) is 0 Å². The van der Waals surface area contributed by atoms with Crippen LogP contribution in [-0.2, 0) is 4.79 Å². The first kappa shape index (κ1) is 10.2. The fourth-order valence-electron chi connectivity index (χ4n) is 0.566. The maximum absolute atomic E-state index is 10.4. The van der Waals surface area contributed by atoms with E-state index in [4.69, 9.17) is 10.8 Å². The van der Waals surface area contributed by atoms with E-state index in [0.29, 0.717) is 0 Å². The molecule has 0 aliphatic rings. The topological polar surface area (TPSA) is 63.3 Å². The van der Waals surface area contributed by atoms with Crippen LogP contribution in [0.3, 0.4) is 0 Å². The molecule has 0 heterocycles. The summed E-state index contributed by atoms with van der Waals surface area (Å²) < 4.78 is 0. The Kier molecular flexibility index (Phi) is 3.82. The van der Waals surface area contributed by atoms with Crippen LogP contribution in [0.15, 0.2) is 12.2 Å². The standard InChI is InChI=1S/C8H15NO2/c1-3-4-5-6-8(2,9)7(10)11/h5-6H,3-4,9H2,1-2H3,(H,10,11). The molecule has 0 spiro atoms. The van der Waals surface area contributed by atoms with Crippen molar-refractivity contribution < 1.29 is 9.90 Å². The van der Waals surface area contributed by atoms with E-state index in [0.717, 1.165) is 12.8 Å². The summed E-state index contributed by atoms with van der Waals surface area (Å²) in [6.07, 6.45) is 5.21. The Morgan fingerprint density at radius 3 is 2.64 bits per heavy atom. The highest BCUT2D eigenvalue weighted by atomic mass is 16.4. The lowest BCUT2D eigenvalue weighted by Gasteiger charge is -2.12. The molecule has 0 aliphatic heterocycles. The normalized spacial score (nSPS) is 16.6. The summed E-state index contributed by atoms with van der Waals surface area (Å²) in [7, 11) is 0. The van der Waals surface area contributed by atoms with Crippen LogP contribution < -0.4 is 5.73 Å². The zero-order chi connectivity index (χ0) is 8.91. The minimum Gasteiger partial charge on any atom is -0.480 e. The van der Waals surface area contributed by atoms with Crippen LogP contribution in [0.1, 0.15) is 26.7 Å². The van der Waals surface area contributed by atoms with Crippen LogP contribution in [0.25, 0.3) is 0 Å². The van der Waals surface area contributed by atoms with Crippen molar-refractivity contribution in [1.29, 1.82) is 0 Å². The second-order valence-corrected chi connectivity index (χ2v) is 2.78. The van der Waals surface area contributed by atoms with E-state index in [-0.39, 0.29) is 0 Å². The van der Waals surface area contributed by atoms with Crippen molar-refractivity contribution in [2.75, 3.05) is 0 Å². The zero-order valence-corrected chi connectivity index (χ0v) is 7.00. The first-order valence-electron chi connectivity index (χ1n) is 3.70. The Hall–Kier alpha value is -0.830. The predicted molar refractivity (Wildman–Crippen MR) is 44.3 cm³/mol. The first-order chi connectivity index (χ1) is 5.00. The van der Waals surface area contributed by atoms with Crippen molar-refractivity contribution in [1.82, 2.24) is 0 Å². The summed E-state index contributed by atoms with van der Waals surface area (Å²) in [6, 6.07) is 0. The van der Waals surface area contributed by atoms with Crippen LogP contribution in [-0.4, -0.2) is 16.6 Å². The molecule has 64 valence electrons. The minimum absolute atomic E-state index is 0.875. The Morgan fingerprint density at radius 2 is 2.27 bits per heavy atom. The van der Waals surface area contributed by atoms with E-state index in [2.05, 4.69) is 0 Å². The van der Waals surface area contributed by atoms with E-state index in [1.807, 2.05) is 6.92 Å². The number of aliphatic carboxylic acids is 1. The van der Waals surface area contributed by atoms with Gasteiger partial charge in [-0.05, 0) is 13.3 Å². The molecule has 0 rings (SSSR count). The summed E-state index contributed by atoms with van der Waals surface area (Å²) in [4.78, 5) is 10.4. The van der Waals surface area contributed by atoms with Gasteiger partial charge in [0, 0.05) is 0 Å². The average molecular weight is 157 g/mol. The van der Waals surface area contributed by atoms with E-state index in [1.54, 1.807) is 6.08 Å². The second-order valence-electron chi connectivity index (χ2n) is 2.78. The molecule has 0 radical (unpaired) electrons. The van der Waals surface area contributed by atoms with Crippen molar-refractivity contribution in [2.45, 2.75) is 32.2 Å². The van der Waals surface area contributed by atoms with Gasteiger partial charge in [0.1, 0.15) is 5.54 Å². The third-order valence-electron chi connectivity index (χ3n) is 1.38. The zero-order valence-electron chi connectivity index (χ0n) is 7.00. The highest BCUT2D eigenvalue weighted by Gasteiger charge is 2.23. The Balaban J connectivity index is 4.00. The number of allylic oxidation sites excluding steroid dienone is 1. The molecule has 0 aromatic rings. The molecule has 3 heteroatoms. The highest BCUT2D eigenvalue weighted by Crippen LogP contribution is 2.02. The molecule has 1 unspecified atom stereocenters. The molecule has 0 aromatic heterocycles. The average Bonchev–Trinajstić information content (AvgIpc) is 1.88. The molecular weight excluding hydrogens is 142 g/mol. The van der Waals surface area contributed by atoms with Gasteiger partial charge in [-0.2, -0.15) is 0 Å². The second kappa shape index (κ2) is 4.13. The monoisotopic (exact) mass is 157 g/mol. The Morgan fingerprint density at radius 1 is 1.73 bits per heavy atom. The lowest BCUT2D eigenvalue weighted by atomic mass is 10.0. The maximum Gasteiger partial charge on any atom is 0.327 e. The summed E-state index contributed by atoms with van der Waals surface area (Å²) in [5.74, 6) is -0.996. The lowest BCUT2D eigenvalue weighted by Crippen LogP contribution is -2.42. The van der Waals surface area contributed by atoms with Crippen LogP contribution >= 0.6 is 0 Å². The maximum atomic E-state index is 10.4. The molecule has 1 atom stereocenters. The van der Waals surface area contributed by atoms with Gasteiger partial charge in [-0.1, -0.05) is 25.5 Å². The number of carboxylic acid groups (broad SMARTS) is 1. The van der Waals surface area contributed by atoms with Crippen LogP contribution in [0.4, 0.5) is 0 Å². The van der Waals surface area contributed by atoms with Gasteiger partial charge >= 0.3 is 5.97 Å². The van der Waals surface area contributed by atoms with Crippen molar-refractivity contribution in [3.05, 3.63) is 12.2 Å². The molecule has 0 bridgehead atoms. The minimum atomic E-state index is -1.21. The third-order valence-corrected chi connectivity index (χ3v) is 1.38. The number of carbonyl (C=O) groups is 1. The van der Waals surface area contributed by atoms with Crippen molar-refractivity contribution in [3.63, 3.8) is 0 Å². The van der Waals surface area contributed by atoms with Crippen molar-refractivity contribution in [2.24, 2.45) is 5.73 Å². The Labute approximate surface area is 66.9 Å². The fraction of sp³-hybridized carbons (Fsp3) is 0.625. The molecule has 0 saturated carbocycles. The van der Waals surface area contributed by atoms with Crippen LogP contribution in [0.5, 0.6) is 0 Å². The quantitative estimate of drug-likeness (QED) is 0.601. The summed E-state index contributed by atoms with van der Waals surface area (Å²) in [6.45, 7) is 3.50. The number of hydrogen-bond donors (Lipinski definition) is 2. The predicted octanol–water partition coefficient (Wildman–Crippen LogP) is 1.14. The van der Waals surface area contributed by atoms with E-state index < -0.39 is 11.5 Å². The molecule has 3 nitrogen and oxygen atoms in total. The Bertz CT molecular complexity index is 161. The molecule has 0 aromatic carbocycles. The summed E-state index contributed by atoms with van der Waals surface area (Å²) in [5, 5.41) is 8.56. The number of rotatable bonds is 4. The smallest absolute Gasteiger partial charge is 0.327 e. The molecule has 0 amide bonds. The number of unbranched alkanes of at least 4 members (excludes halogenated alkanes) is 1. The SMILES string of the molecule is CCCC=CC(C)(N)C(=O)O. The van der Waals surface area contributed by atoms with Crippen LogP contribution in [0, 0.1) is 0 Å². The van der Waals surface area contributed by atoms with Gasteiger partial charge in [0.2, 0.25) is 0 Å². The molecular formula is C8H15NO2. The van der Waals surface area contributed by atoms with Gasteiger partial charge in [0.25, 0.3) is 0 Å². The molecule has 11 heavy (non-hydrogen) atoms. The van der Waals surface area contributed by atoms with E-state index in [9.17, 15) is 4.79 Å².